The second-order valence-corrected chi connectivity index (χ2v) is 3.87. The zero-order valence-electron chi connectivity index (χ0n) is 9.90. The normalized spacial score (nSPS) is 12.2. The topological polar surface area (TPSA) is 52.3 Å². The summed E-state index contributed by atoms with van der Waals surface area (Å²) in [5.41, 5.74) is 6.16. The quantitative estimate of drug-likeness (QED) is 0.750. The number of rotatable bonds is 6. The third-order valence-electron chi connectivity index (χ3n) is 2.41. The van der Waals surface area contributed by atoms with Gasteiger partial charge >= 0.3 is 0 Å². The van der Waals surface area contributed by atoms with Crippen LogP contribution in [-0.2, 0) is 0 Å². The first-order valence-corrected chi connectivity index (χ1v) is 5.66. The van der Waals surface area contributed by atoms with Crippen LogP contribution in [-0.4, -0.2) is 18.9 Å². The lowest BCUT2D eigenvalue weighted by atomic mass is 10.00. The lowest BCUT2D eigenvalue weighted by Gasteiger charge is -2.08. The van der Waals surface area contributed by atoms with Gasteiger partial charge in [0.2, 0.25) is 0 Å². The van der Waals surface area contributed by atoms with E-state index in [0.29, 0.717) is 18.7 Å². The van der Waals surface area contributed by atoms with Gasteiger partial charge in [0.1, 0.15) is 5.75 Å². The predicted octanol–water partition coefficient (Wildman–Crippen LogP) is 2.25. The van der Waals surface area contributed by atoms with E-state index in [0.717, 1.165) is 12.2 Å². The first-order chi connectivity index (χ1) is 7.69. The van der Waals surface area contributed by atoms with E-state index in [1.54, 1.807) is 12.1 Å². The van der Waals surface area contributed by atoms with Gasteiger partial charge in [0.15, 0.2) is 5.78 Å². The molecule has 3 heteroatoms. The smallest absolute Gasteiger partial charge is 0.166 e. The number of carbonyl (C=O) groups is 1. The van der Waals surface area contributed by atoms with Crippen molar-refractivity contribution in [1.29, 1.82) is 0 Å². The molecule has 0 aliphatic carbocycles. The molecule has 1 aromatic carbocycles. The van der Waals surface area contributed by atoms with Gasteiger partial charge in [-0.1, -0.05) is 13.8 Å². The molecule has 0 aliphatic rings. The van der Waals surface area contributed by atoms with Gasteiger partial charge in [0.25, 0.3) is 0 Å². The van der Waals surface area contributed by atoms with Crippen LogP contribution >= 0.6 is 0 Å². The molecular weight excluding hydrogens is 202 g/mol. The van der Waals surface area contributed by atoms with Crippen molar-refractivity contribution in [1.82, 2.24) is 0 Å². The minimum absolute atomic E-state index is 0.0875. The number of hydrogen-bond acceptors (Lipinski definition) is 3. The molecule has 0 spiro atoms. The summed E-state index contributed by atoms with van der Waals surface area (Å²) in [6.45, 7) is 4.98. The fraction of sp³-hybridized carbons (Fsp3) is 0.462. The Morgan fingerprint density at radius 1 is 1.38 bits per heavy atom. The fourth-order valence-electron chi connectivity index (χ4n) is 1.33. The van der Waals surface area contributed by atoms with Gasteiger partial charge in [-0.05, 0) is 30.7 Å². The van der Waals surface area contributed by atoms with Crippen LogP contribution < -0.4 is 10.5 Å². The van der Waals surface area contributed by atoms with Crippen LogP contribution in [0.1, 0.15) is 30.6 Å². The summed E-state index contributed by atoms with van der Waals surface area (Å²) in [6, 6.07) is 7.23. The molecule has 1 atom stereocenters. The van der Waals surface area contributed by atoms with Crippen molar-refractivity contribution < 1.29 is 9.53 Å². The van der Waals surface area contributed by atoms with E-state index in [1.807, 2.05) is 19.1 Å². The number of ketones is 1. The van der Waals surface area contributed by atoms with Gasteiger partial charge in [-0.3, -0.25) is 4.79 Å². The van der Waals surface area contributed by atoms with Crippen molar-refractivity contribution in [2.45, 2.75) is 20.3 Å². The average molecular weight is 221 g/mol. The van der Waals surface area contributed by atoms with Crippen LogP contribution in [0.4, 0.5) is 0 Å². The van der Waals surface area contributed by atoms with E-state index in [4.69, 9.17) is 10.5 Å². The Kier molecular flexibility index (Phi) is 4.99. The Morgan fingerprint density at radius 3 is 2.50 bits per heavy atom. The number of carbonyl (C=O) groups excluding carboxylic acids is 1. The molecule has 3 nitrogen and oxygen atoms in total. The molecule has 0 aromatic heterocycles. The Labute approximate surface area is 96.6 Å². The number of ether oxygens (including phenoxy) is 1. The maximum Gasteiger partial charge on any atom is 0.166 e. The van der Waals surface area contributed by atoms with Crippen LogP contribution in [0, 0.1) is 5.92 Å². The molecule has 0 radical (unpaired) electrons. The molecule has 1 rings (SSSR count). The van der Waals surface area contributed by atoms with Gasteiger partial charge in [-0.25, -0.2) is 0 Å². The van der Waals surface area contributed by atoms with Gasteiger partial charge in [0.05, 0.1) is 6.61 Å². The van der Waals surface area contributed by atoms with E-state index in [-0.39, 0.29) is 11.7 Å². The molecule has 0 fully saturated rings. The largest absolute Gasteiger partial charge is 0.494 e. The minimum Gasteiger partial charge on any atom is -0.494 e. The molecule has 1 unspecified atom stereocenters. The Bertz CT molecular complexity index is 332. The highest BCUT2D eigenvalue weighted by Crippen LogP contribution is 2.15. The van der Waals surface area contributed by atoms with Gasteiger partial charge in [-0.2, -0.15) is 0 Å². The molecular formula is C13H19NO2. The van der Waals surface area contributed by atoms with Crippen molar-refractivity contribution in [2.75, 3.05) is 13.2 Å². The first-order valence-electron chi connectivity index (χ1n) is 5.66. The number of hydrogen-bond donors (Lipinski definition) is 1. The number of nitrogens with two attached hydrogens (primary N) is 1. The molecule has 0 amide bonds. The van der Waals surface area contributed by atoms with Crippen LogP contribution in [0.5, 0.6) is 5.75 Å². The molecule has 88 valence electrons. The maximum atomic E-state index is 11.8. The van der Waals surface area contributed by atoms with Crippen LogP contribution in [0.25, 0.3) is 0 Å². The predicted molar refractivity (Wildman–Crippen MR) is 64.8 cm³/mol. The lowest BCUT2D eigenvalue weighted by molar-refractivity contribution is 0.0934. The zero-order valence-corrected chi connectivity index (χ0v) is 9.90. The monoisotopic (exact) mass is 221 g/mol. The van der Waals surface area contributed by atoms with Gasteiger partial charge in [0, 0.05) is 18.0 Å². The van der Waals surface area contributed by atoms with Crippen LogP contribution in [0.15, 0.2) is 24.3 Å². The van der Waals surface area contributed by atoms with E-state index in [9.17, 15) is 4.79 Å². The Morgan fingerprint density at radius 2 is 2.00 bits per heavy atom. The van der Waals surface area contributed by atoms with Crippen molar-refractivity contribution in [3.05, 3.63) is 29.8 Å². The summed E-state index contributed by atoms with van der Waals surface area (Å²) in [5.74, 6) is 0.769. The first kappa shape index (κ1) is 12.7. The molecule has 0 aliphatic heterocycles. The highest BCUT2D eigenvalue weighted by atomic mass is 16.5. The summed E-state index contributed by atoms with van der Waals surface area (Å²) >= 11 is 0. The fourth-order valence-corrected chi connectivity index (χ4v) is 1.33. The Hall–Kier alpha value is -1.35. The molecule has 0 bridgehead atoms. The molecule has 0 saturated heterocycles. The minimum atomic E-state index is -0.123. The van der Waals surface area contributed by atoms with Crippen molar-refractivity contribution >= 4 is 5.78 Å². The second-order valence-electron chi connectivity index (χ2n) is 3.87. The molecule has 0 saturated carbocycles. The summed E-state index contributed by atoms with van der Waals surface area (Å²) in [6.07, 6.45) is 0.977. The highest BCUT2D eigenvalue weighted by Gasteiger charge is 2.12. The summed E-state index contributed by atoms with van der Waals surface area (Å²) in [4.78, 5) is 11.8. The van der Waals surface area contributed by atoms with Crippen molar-refractivity contribution in [3.8, 4) is 5.75 Å². The standard InChI is InChI=1S/C13H19NO2/c1-3-8-16-12-6-4-11(5-7-12)13(15)10(2)9-14/h4-7,10H,3,8-9,14H2,1-2H3. The highest BCUT2D eigenvalue weighted by molar-refractivity contribution is 5.97. The molecule has 16 heavy (non-hydrogen) atoms. The molecule has 2 N–H and O–H groups in total. The maximum absolute atomic E-state index is 11.8. The van der Waals surface area contributed by atoms with Crippen molar-refractivity contribution in [3.63, 3.8) is 0 Å². The van der Waals surface area contributed by atoms with Crippen LogP contribution in [0.2, 0.25) is 0 Å². The lowest BCUT2D eigenvalue weighted by Crippen LogP contribution is -2.20. The number of Topliss-reactive ketones (excluding diaryl/α,β-unsaturated/α-hetero) is 1. The van der Waals surface area contributed by atoms with E-state index < -0.39 is 0 Å². The number of benzene rings is 1. The second kappa shape index (κ2) is 6.28. The summed E-state index contributed by atoms with van der Waals surface area (Å²) < 4.78 is 5.44. The summed E-state index contributed by atoms with van der Waals surface area (Å²) in [7, 11) is 0. The third-order valence-corrected chi connectivity index (χ3v) is 2.41. The van der Waals surface area contributed by atoms with E-state index in [1.165, 1.54) is 0 Å². The zero-order chi connectivity index (χ0) is 12.0. The van der Waals surface area contributed by atoms with Gasteiger partial charge in [-0.15, -0.1) is 0 Å². The van der Waals surface area contributed by atoms with Crippen LogP contribution in [0.3, 0.4) is 0 Å². The average Bonchev–Trinajstić information content (AvgIpc) is 2.35. The molecule has 0 heterocycles. The summed E-state index contributed by atoms with van der Waals surface area (Å²) in [5, 5.41) is 0. The SMILES string of the molecule is CCCOc1ccc(C(=O)C(C)CN)cc1. The van der Waals surface area contributed by atoms with E-state index >= 15 is 0 Å². The van der Waals surface area contributed by atoms with Gasteiger partial charge < -0.3 is 10.5 Å². The molecule has 1 aromatic rings. The Balaban J connectivity index is 2.67. The third kappa shape index (κ3) is 3.35. The van der Waals surface area contributed by atoms with E-state index in [2.05, 4.69) is 6.92 Å². The van der Waals surface area contributed by atoms with Crippen molar-refractivity contribution in [2.24, 2.45) is 11.7 Å².